The number of hydrogen-bond donors (Lipinski definition) is 1. The van der Waals surface area contributed by atoms with Crippen LogP contribution in [0.4, 0.5) is 5.69 Å². The molecule has 1 aliphatic rings. The second-order valence-electron chi connectivity index (χ2n) is 6.95. The first-order valence-corrected chi connectivity index (χ1v) is 8.23. The average Bonchev–Trinajstić information content (AvgIpc) is 2.48. The van der Waals surface area contributed by atoms with Gasteiger partial charge in [0, 0.05) is 10.7 Å². The summed E-state index contributed by atoms with van der Waals surface area (Å²) in [4.78, 5) is 0. The van der Waals surface area contributed by atoms with E-state index in [4.69, 9.17) is 11.6 Å². The van der Waals surface area contributed by atoms with Gasteiger partial charge in [-0.15, -0.1) is 0 Å². The summed E-state index contributed by atoms with van der Waals surface area (Å²) in [5, 5.41) is 13.8. The Morgan fingerprint density at radius 1 is 1.38 bits per heavy atom. The highest BCUT2D eigenvalue weighted by molar-refractivity contribution is 6.30. The Kier molecular flexibility index (Phi) is 4.84. The molecule has 1 N–H and O–H groups in total. The molecule has 21 heavy (non-hydrogen) atoms. The second kappa shape index (κ2) is 6.28. The Hall–Kier alpha value is -1.20. The lowest BCUT2D eigenvalue weighted by molar-refractivity contribution is 0.135. The molecule has 2 nitrogen and oxygen atoms in total. The number of nitrogens with zero attached hydrogens (tertiary/aromatic N) is 1. The number of hydrogen-bond acceptors (Lipinski definition) is 2. The van der Waals surface area contributed by atoms with Gasteiger partial charge in [0.1, 0.15) is 5.54 Å². The fourth-order valence-electron chi connectivity index (χ4n) is 3.29. The van der Waals surface area contributed by atoms with Crippen molar-refractivity contribution in [3.8, 4) is 6.07 Å². The van der Waals surface area contributed by atoms with Gasteiger partial charge in [0.15, 0.2) is 0 Å². The van der Waals surface area contributed by atoms with Crippen molar-refractivity contribution >= 4 is 17.3 Å². The third-order valence-corrected chi connectivity index (χ3v) is 5.51. The van der Waals surface area contributed by atoms with E-state index in [-0.39, 0.29) is 0 Å². The molecule has 1 aromatic carbocycles. The van der Waals surface area contributed by atoms with Gasteiger partial charge in [-0.25, -0.2) is 0 Å². The van der Waals surface area contributed by atoms with Crippen molar-refractivity contribution in [3.05, 3.63) is 29.3 Å². The first-order chi connectivity index (χ1) is 9.91. The van der Waals surface area contributed by atoms with Gasteiger partial charge in [-0.1, -0.05) is 44.9 Å². The molecule has 0 saturated heterocycles. The zero-order valence-corrected chi connectivity index (χ0v) is 14.0. The number of benzene rings is 1. The molecule has 0 bridgehead atoms. The molecule has 0 radical (unpaired) electrons. The van der Waals surface area contributed by atoms with Crippen LogP contribution in [0.2, 0.25) is 5.02 Å². The van der Waals surface area contributed by atoms with Crippen LogP contribution >= 0.6 is 11.6 Å². The van der Waals surface area contributed by atoms with Crippen molar-refractivity contribution < 1.29 is 0 Å². The van der Waals surface area contributed by atoms with E-state index in [0.29, 0.717) is 16.4 Å². The van der Waals surface area contributed by atoms with E-state index in [1.54, 1.807) is 0 Å². The summed E-state index contributed by atoms with van der Waals surface area (Å²) in [6.45, 7) is 6.96. The molecule has 114 valence electrons. The van der Waals surface area contributed by atoms with Gasteiger partial charge in [-0.05, 0) is 55.2 Å². The lowest BCUT2D eigenvalue weighted by atomic mass is 9.66. The van der Waals surface area contributed by atoms with Crippen LogP contribution in [-0.4, -0.2) is 5.54 Å². The van der Waals surface area contributed by atoms with Crippen LogP contribution < -0.4 is 5.32 Å². The summed E-state index contributed by atoms with van der Waals surface area (Å²) in [6, 6.07) is 10.2. The van der Waals surface area contributed by atoms with Crippen molar-refractivity contribution in [2.45, 2.75) is 58.4 Å². The largest absolute Gasteiger partial charge is 0.367 e. The molecule has 3 heteroatoms. The van der Waals surface area contributed by atoms with Gasteiger partial charge in [-0.3, -0.25) is 0 Å². The Bertz CT molecular complexity index is 522. The van der Waals surface area contributed by atoms with Gasteiger partial charge in [0.2, 0.25) is 0 Å². The van der Waals surface area contributed by atoms with Gasteiger partial charge in [0.05, 0.1) is 6.07 Å². The number of rotatable bonds is 4. The topological polar surface area (TPSA) is 35.8 Å². The Morgan fingerprint density at radius 2 is 2.05 bits per heavy atom. The maximum atomic E-state index is 9.67. The zero-order chi connectivity index (χ0) is 15.5. The van der Waals surface area contributed by atoms with Crippen molar-refractivity contribution in [2.75, 3.05) is 5.32 Å². The van der Waals surface area contributed by atoms with E-state index >= 15 is 0 Å². The fourth-order valence-corrected chi connectivity index (χ4v) is 3.48. The quantitative estimate of drug-likeness (QED) is 0.781. The second-order valence-corrected chi connectivity index (χ2v) is 7.38. The van der Waals surface area contributed by atoms with Gasteiger partial charge in [-0.2, -0.15) is 5.26 Å². The molecular formula is C18H25ClN2. The van der Waals surface area contributed by atoms with E-state index < -0.39 is 5.54 Å². The first-order valence-electron chi connectivity index (χ1n) is 7.86. The molecule has 0 atom stereocenters. The molecule has 0 aromatic heterocycles. The number of halogens is 1. The number of nitrogens with one attached hydrogen (secondary N) is 1. The van der Waals surface area contributed by atoms with Crippen LogP contribution in [-0.2, 0) is 0 Å². The minimum Gasteiger partial charge on any atom is -0.367 e. The van der Waals surface area contributed by atoms with Gasteiger partial charge < -0.3 is 5.32 Å². The predicted molar refractivity (Wildman–Crippen MR) is 89.4 cm³/mol. The van der Waals surface area contributed by atoms with Crippen LogP contribution in [0.5, 0.6) is 0 Å². The molecule has 0 amide bonds. The fraction of sp³-hybridized carbons (Fsp3) is 0.611. The molecule has 2 rings (SSSR count). The third-order valence-electron chi connectivity index (χ3n) is 5.28. The molecule has 0 aliphatic heterocycles. The summed E-state index contributed by atoms with van der Waals surface area (Å²) >= 11 is 6.03. The predicted octanol–water partition coefficient (Wildman–Crippen LogP) is 5.64. The van der Waals surface area contributed by atoms with Crippen molar-refractivity contribution in [1.29, 1.82) is 5.26 Å². The highest BCUT2D eigenvalue weighted by atomic mass is 35.5. The molecule has 1 aliphatic carbocycles. The van der Waals surface area contributed by atoms with Gasteiger partial charge >= 0.3 is 0 Å². The number of anilines is 1. The van der Waals surface area contributed by atoms with E-state index in [1.807, 2.05) is 24.3 Å². The third kappa shape index (κ3) is 3.71. The maximum absolute atomic E-state index is 9.67. The van der Waals surface area contributed by atoms with Crippen LogP contribution in [0.1, 0.15) is 52.9 Å². The number of nitriles is 1. The Balaban J connectivity index is 2.07. The first kappa shape index (κ1) is 16.2. The lowest BCUT2D eigenvalue weighted by Crippen LogP contribution is -2.43. The lowest BCUT2D eigenvalue weighted by Gasteiger charge is -2.42. The van der Waals surface area contributed by atoms with Crippen LogP contribution in [0.25, 0.3) is 0 Å². The average molecular weight is 305 g/mol. The van der Waals surface area contributed by atoms with E-state index in [2.05, 4.69) is 32.2 Å². The van der Waals surface area contributed by atoms with E-state index in [1.165, 1.54) is 6.42 Å². The zero-order valence-electron chi connectivity index (χ0n) is 13.2. The summed E-state index contributed by atoms with van der Waals surface area (Å²) in [5.41, 5.74) is 0.875. The molecule has 1 saturated carbocycles. The standard InChI is InChI=1S/C18H25ClN2/c1-4-17(2,3)14-8-10-18(13-20,11-9-14)21-16-7-5-6-15(19)12-16/h5-7,12,14,21H,4,8-11H2,1-3H3. The summed E-state index contributed by atoms with van der Waals surface area (Å²) in [6.07, 6.45) is 5.23. The Labute approximate surface area is 133 Å². The normalized spacial score (nSPS) is 26.1. The molecular weight excluding hydrogens is 280 g/mol. The smallest absolute Gasteiger partial charge is 0.125 e. The van der Waals surface area contributed by atoms with Crippen molar-refractivity contribution in [2.24, 2.45) is 11.3 Å². The molecule has 1 aromatic rings. The summed E-state index contributed by atoms with van der Waals surface area (Å²) in [5.74, 6) is 0.713. The molecule has 0 heterocycles. The van der Waals surface area contributed by atoms with E-state index in [9.17, 15) is 5.26 Å². The van der Waals surface area contributed by atoms with Crippen molar-refractivity contribution in [1.82, 2.24) is 0 Å². The molecule has 1 fully saturated rings. The minimum atomic E-state index is -0.439. The Morgan fingerprint density at radius 3 is 2.57 bits per heavy atom. The summed E-state index contributed by atoms with van der Waals surface area (Å²) < 4.78 is 0. The SMILES string of the molecule is CCC(C)(C)C1CCC(C#N)(Nc2cccc(Cl)c2)CC1. The van der Waals surface area contributed by atoms with E-state index in [0.717, 1.165) is 31.4 Å². The highest BCUT2D eigenvalue weighted by Gasteiger charge is 2.39. The summed E-state index contributed by atoms with van der Waals surface area (Å²) in [7, 11) is 0. The van der Waals surface area contributed by atoms with Gasteiger partial charge in [0.25, 0.3) is 0 Å². The minimum absolute atomic E-state index is 0.373. The molecule has 0 spiro atoms. The van der Waals surface area contributed by atoms with Crippen molar-refractivity contribution in [3.63, 3.8) is 0 Å². The van der Waals surface area contributed by atoms with Crippen LogP contribution in [0.3, 0.4) is 0 Å². The molecule has 0 unspecified atom stereocenters. The highest BCUT2D eigenvalue weighted by Crippen LogP contribution is 2.44. The van der Waals surface area contributed by atoms with Crippen LogP contribution in [0, 0.1) is 22.7 Å². The van der Waals surface area contributed by atoms with Crippen LogP contribution in [0.15, 0.2) is 24.3 Å². The monoisotopic (exact) mass is 304 g/mol. The maximum Gasteiger partial charge on any atom is 0.125 e.